The first-order chi connectivity index (χ1) is 17.1. The molecule has 0 atom stereocenters. The van der Waals surface area contributed by atoms with Crippen LogP contribution < -0.4 is 25.4 Å². The third kappa shape index (κ3) is 6.94. The fraction of sp³-hybridized carbons (Fsp3) is 0.250. The van der Waals surface area contributed by atoms with Crippen LogP contribution in [0.15, 0.2) is 78.9 Å². The van der Waals surface area contributed by atoms with Gasteiger partial charge in [0, 0.05) is 6.92 Å². The SMILES string of the molecule is CC(F)(F)C(F)(F)C(F)(F)S(=O)(=O)O.COc1ccc(P(c2ccccc2)c2ccc(OC)cc2)cc1. The van der Waals surface area contributed by atoms with E-state index in [-0.39, 0.29) is 0 Å². The van der Waals surface area contributed by atoms with Gasteiger partial charge in [0.2, 0.25) is 0 Å². The van der Waals surface area contributed by atoms with Crippen molar-refractivity contribution >= 4 is 34.0 Å². The smallest absolute Gasteiger partial charge is 0.437 e. The molecule has 0 fully saturated rings. The Labute approximate surface area is 211 Å². The summed E-state index contributed by atoms with van der Waals surface area (Å²) < 4.78 is 110. The maximum atomic E-state index is 12.2. The molecule has 0 amide bonds. The molecule has 3 aromatic carbocycles. The van der Waals surface area contributed by atoms with Crippen LogP contribution in [0.3, 0.4) is 0 Å². The number of hydrogen-bond donors (Lipinski definition) is 1. The Kier molecular flexibility index (Phi) is 9.62. The lowest BCUT2D eigenvalue weighted by Crippen LogP contribution is -2.56. The molecule has 5 nitrogen and oxygen atoms in total. The fourth-order valence-electron chi connectivity index (χ4n) is 2.90. The minimum atomic E-state index is -6.61. The first-order valence-electron chi connectivity index (χ1n) is 10.3. The second-order valence-electron chi connectivity index (χ2n) is 7.52. The highest BCUT2D eigenvalue weighted by Gasteiger charge is 2.75. The summed E-state index contributed by atoms with van der Waals surface area (Å²) in [6, 6.07) is 27.4. The molecule has 0 heterocycles. The summed E-state index contributed by atoms with van der Waals surface area (Å²) in [5.74, 6) is -9.71. The van der Waals surface area contributed by atoms with Gasteiger partial charge in [-0.1, -0.05) is 54.6 Å². The minimum Gasteiger partial charge on any atom is -0.497 e. The van der Waals surface area contributed by atoms with E-state index in [1.54, 1.807) is 14.2 Å². The molecule has 13 heteroatoms. The summed E-state index contributed by atoms with van der Waals surface area (Å²) >= 11 is 0. The van der Waals surface area contributed by atoms with Crippen molar-refractivity contribution in [3.8, 4) is 11.5 Å². The van der Waals surface area contributed by atoms with Crippen molar-refractivity contribution in [2.24, 2.45) is 0 Å². The first kappa shape index (κ1) is 30.4. The number of benzene rings is 3. The van der Waals surface area contributed by atoms with Gasteiger partial charge in [-0.2, -0.15) is 34.8 Å². The molecule has 0 aromatic heterocycles. The van der Waals surface area contributed by atoms with Gasteiger partial charge in [-0.25, -0.2) is 0 Å². The van der Waals surface area contributed by atoms with Crippen molar-refractivity contribution in [3.63, 3.8) is 0 Å². The van der Waals surface area contributed by atoms with E-state index < -0.39 is 42.1 Å². The van der Waals surface area contributed by atoms with Crippen LogP contribution in [0.5, 0.6) is 11.5 Å². The van der Waals surface area contributed by atoms with Crippen LogP contribution in [0.1, 0.15) is 6.92 Å². The van der Waals surface area contributed by atoms with Crippen molar-refractivity contribution in [1.82, 2.24) is 0 Å². The van der Waals surface area contributed by atoms with E-state index in [0.29, 0.717) is 0 Å². The van der Waals surface area contributed by atoms with Crippen LogP contribution >= 0.6 is 7.92 Å². The third-order valence-electron chi connectivity index (χ3n) is 4.92. The molecule has 0 saturated carbocycles. The minimum absolute atomic E-state index is 0.591. The number of hydrogen-bond acceptors (Lipinski definition) is 4. The molecule has 1 N–H and O–H groups in total. The molecular formula is C24H23F6O5PS. The zero-order chi connectivity index (χ0) is 28.1. The predicted molar refractivity (Wildman–Crippen MR) is 130 cm³/mol. The van der Waals surface area contributed by atoms with Gasteiger partial charge in [0.15, 0.2) is 0 Å². The molecule has 0 aliphatic carbocycles. The average Bonchev–Trinajstić information content (AvgIpc) is 2.84. The Balaban J connectivity index is 0.000000298. The van der Waals surface area contributed by atoms with Gasteiger partial charge in [-0.3, -0.25) is 4.55 Å². The van der Waals surface area contributed by atoms with Crippen molar-refractivity contribution in [1.29, 1.82) is 0 Å². The van der Waals surface area contributed by atoms with Crippen LogP contribution in [0.2, 0.25) is 0 Å². The van der Waals surface area contributed by atoms with Gasteiger partial charge < -0.3 is 9.47 Å². The Bertz CT molecular complexity index is 1200. The lowest BCUT2D eigenvalue weighted by atomic mass is 10.2. The molecule has 202 valence electrons. The summed E-state index contributed by atoms with van der Waals surface area (Å²) in [6.07, 6.45) is 0. The zero-order valence-corrected chi connectivity index (χ0v) is 21.4. The van der Waals surface area contributed by atoms with Crippen LogP contribution in [0, 0.1) is 0 Å². The molecule has 0 unspecified atom stereocenters. The summed E-state index contributed by atoms with van der Waals surface area (Å²) in [4.78, 5) is 0. The Morgan fingerprint density at radius 2 is 1.03 bits per heavy atom. The molecule has 0 radical (unpaired) electrons. The average molecular weight is 568 g/mol. The molecule has 3 aromatic rings. The van der Waals surface area contributed by atoms with Gasteiger partial charge in [0.1, 0.15) is 11.5 Å². The molecule has 0 aliphatic heterocycles. The van der Waals surface area contributed by atoms with E-state index in [9.17, 15) is 34.8 Å². The summed E-state index contributed by atoms with van der Waals surface area (Å²) in [5.41, 5.74) is 0. The number of alkyl halides is 6. The maximum absolute atomic E-state index is 12.2. The second-order valence-corrected chi connectivity index (χ2v) is 11.2. The molecule has 3 rings (SSSR count). The van der Waals surface area contributed by atoms with Crippen molar-refractivity contribution in [2.45, 2.75) is 24.0 Å². The van der Waals surface area contributed by atoms with Gasteiger partial charge in [-0.15, -0.1) is 0 Å². The zero-order valence-electron chi connectivity index (χ0n) is 19.7. The maximum Gasteiger partial charge on any atom is 0.437 e. The van der Waals surface area contributed by atoms with E-state index in [1.807, 2.05) is 24.3 Å². The molecular weight excluding hydrogens is 545 g/mol. The highest BCUT2D eigenvalue weighted by molar-refractivity contribution is 7.87. The number of halogens is 6. The summed E-state index contributed by atoms with van der Waals surface area (Å²) in [7, 11) is -3.81. The first-order valence-corrected chi connectivity index (χ1v) is 13.1. The standard InChI is InChI=1S/C20H19O2P.C4H4F6O3S/c1-21-16-8-12-19(13-9-16)23(18-6-4-3-5-7-18)20-14-10-17(22-2)11-15-20;1-2(5,6)3(7,8)4(9,10)14(11,12)13/h3-15H,1-2H3;1H3,(H,11,12,13). The van der Waals surface area contributed by atoms with Gasteiger partial charge in [0.05, 0.1) is 14.2 Å². The molecule has 0 spiro atoms. The topological polar surface area (TPSA) is 72.8 Å². The number of rotatable bonds is 8. The highest BCUT2D eigenvalue weighted by atomic mass is 32.2. The molecule has 0 saturated heterocycles. The Morgan fingerprint density at radius 1 is 0.676 bits per heavy atom. The fourth-order valence-corrected chi connectivity index (χ4v) is 5.67. The van der Waals surface area contributed by atoms with Crippen molar-refractivity contribution < 1.29 is 48.8 Å². The Morgan fingerprint density at radius 3 is 1.30 bits per heavy atom. The van der Waals surface area contributed by atoms with Crippen molar-refractivity contribution in [2.75, 3.05) is 14.2 Å². The van der Waals surface area contributed by atoms with E-state index >= 15 is 0 Å². The number of methoxy groups -OCH3 is 2. The van der Waals surface area contributed by atoms with E-state index in [4.69, 9.17) is 14.0 Å². The van der Waals surface area contributed by atoms with Crippen molar-refractivity contribution in [3.05, 3.63) is 78.9 Å². The van der Waals surface area contributed by atoms with Gasteiger partial charge >= 0.3 is 27.2 Å². The largest absolute Gasteiger partial charge is 0.497 e. The summed E-state index contributed by atoms with van der Waals surface area (Å²) in [6.45, 7) is -0.591. The van der Waals surface area contributed by atoms with Crippen LogP contribution in [-0.2, 0) is 10.1 Å². The lowest BCUT2D eigenvalue weighted by Gasteiger charge is -2.28. The van der Waals surface area contributed by atoms with Crippen LogP contribution in [0.4, 0.5) is 26.3 Å². The predicted octanol–water partition coefficient (Wildman–Crippen LogP) is 5.22. The number of ether oxygens (including phenoxy) is 2. The quantitative estimate of drug-likeness (QED) is 0.229. The van der Waals surface area contributed by atoms with Gasteiger partial charge in [-0.05, 0) is 48.1 Å². The molecule has 37 heavy (non-hydrogen) atoms. The summed E-state index contributed by atoms with van der Waals surface area (Å²) in [5, 5.41) is -2.30. The Hall–Kier alpha value is -2.82. The normalized spacial score (nSPS) is 12.5. The lowest BCUT2D eigenvalue weighted by molar-refractivity contribution is -0.273. The van der Waals surface area contributed by atoms with Crippen LogP contribution in [0.25, 0.3) is 0 Å². The highest BCUT2D eigenvalue weighted by Crippen LogP contribution is 2.47. The molecule has 0 bridgehead atoms. The monoisotopic (exact) mass is 568 g/mol. The van der Waals surface area contributed by atoms with E-state index in [0.717, 1.165) is 11.5 Å². The van der Waals surface area contributed by atoms with E-state index in [2.05, 4.69) is 54.6 Å². The molecule has 0 aliphatic rings. The third-order valence-corrected chi connectivity index (χ3v) is 8.26. The second kappa shape index (κ2) is 11.7. The van der Waals surface area contributed by atoms with Gasteiger partial charge in [0.25, 0.3) is 0 Å². The van der Waals surface area contributed by atoms with Crippen LogP contribution in [-0.4, -0.2) is 44.3 Å². The van der Waals surface area contributed by atoms with E-state index in [1.165, 1.54) is 15.9 Å².